The molecule has 5 aromatic rings. The predicted octanol–water partition coefficient (Wildman–Crippen LogP) is 5.09. The molecule has 3 fully saturated rings. The number of nitrogens with one attached hydrogen (secondary N) is 3. The Labute approximate surface area is 353 Å². The van der Waals surface area contributed by atoms with E-state index in [-0.39, 0.29) is 17.8 Å². The number of nitrogens with two attached hydrogens (primary N) is 1. The van der Waals surface area contributed by atoms with Crippen LogP contribution >= 0.6 is 0 Å². The summed E-state index contributed by atoms with van der Waals surface area (Å²) in [5, 5.41) is 13.5. The van der Waals surface area contributed by atoms with Gasteiger partial charge in [0.2, 0.25) is 5.91 Å². The van der Waals surface area contributed by atoms with E-state index < -0.39 is 5.91 Å². The van der Waals surface area contributed by atoms with Crippen molar-refractivity contribution in [3.63, 3.8) is 0 Å². The number of fused-ring (bicyclic) bond motifs is 2. The van der Waals surface area contributed by atoms with E-state index in [9.17, 15) is 19.2 Å². The molecular formula is C45H49N11O5. The second-order valence-electron chi connectivity index (χ2n) is 16.0. The largest absolute Gasteiger partial charge is 0.497 e. The summed E-state index contributed by atoms with van der Waals surface area (Å²) in [6.45, 7) is 8.01. The van der Waals surface area contributed by atoms with Crippen LogP contribution in [-0.2, 0) is 17.8 Å². The topological polar surface area (TPSA) is 183 Å². The standard InChI is InChI=1S/C45H49N11O5/c1-61-36-12-17-47-38(27-36)49-44(59)31-4-2-30(3-5-31)41-40(42(46)58)43-48-37-11-10-35(26-32(37)15-21-56(43)51-41)54-24-22-52(23-25-54)28-29-13-18-53(19-14-29)33-6-8-34(9-7-33)55-20-16-39(57)50-45(55)60/h2-12,17,26-27,29,48H,13-16,18-25,28H2,1H3,(H2,46,58)(H,47,49,59)(H,50,57,60). The number of piperazine rings is 1. The molecule has 5 amide bonds. The molecule has 9 rings (SSSR count). The van der Waals surface area contributed by atoms with E-state index >= 15 is 0 Å². The first-order valence-corrected chi connectivity index (χ1v) is 20.8. The van der Waals surface area contributed by atoms with Crippen molar-refractivity contribution in [3.05, 3.63) is 102 Å². The molecule has 61 heavy (non-hydrogen) atoms. The van der Waals surface area contributed by atoms with Crippen LogP contribution in [0.2, 0.25) is 0 Å². The summed E-state index contributed by atoms with van der Waals surface area (Å²) >= 11 is 0. The van der Waals surface area contributed by atoms with Gasteiger partial charge in [0, 0.05) is 111 Å². The van der Waals surface area contributed by atoms with Gasteiger partial charge in [-0.1, -0.05) is 12.1 Å². The van der Waals surface area contributed by atoms with Crippen LogP contribution < -0.4 is 41.1 Å². The summed E-state index contributed by atoms with van der Waals surface area (Å²) in [6.07, 6.45) is 4.88. The second-order valence-corrected chi connectivity index (χ2v) is 16.0. The molecule has 3 saturated heterocycles. The molecule has 0 spiro atoms. The zero-order chi connectivity index (χ0) is 42.0. The van der Waals surface area contributed by atoms with E-state index in [2.05, 4.69) is 66.0 Å². The number of carbonyl (C=O) groups excluding carboxylic acids is 4. The summed E-state index contributed by atoms with van der Waals surface area (Å²) in [5.74, 6) is 1.02. The Balaban J connectivity index is 0.780. The molecule has 5 N–H and O–H groups in total. The lowest BCUT2D eigenvalue weighted by atomic mass is 9.95. The third-order valence-corrected chi connectivity index (χ3v) is 12.2. The number of methoxy groups -OCH3 is 1. The number of carbonyl (C=O) groups is 4. The summed E-state index contributed by atoms with van der Waals surface area (Å²) in [6, 6.07) is 24.5. The number of rotatable bonds is 10. The highest BCUT2D eigenvalue weighted by atomic mass is 16.5. The normalized spacial score (nSPS) is 17.2. The van der Waals surface area contributed by atoms with E-state index in [4.69, 9.17) is 15.6 Å². The number of benzene rings is 3. The highest BCUT2D eigenvalue weighted by Crippen LogP contribution is 2.36. The van der Waals surface area contributed by atoms with Gasteiger partial charge in [0.1, 0.15) is 28.6 Å². The van der Waals surface area contributed by atoms with E-state index in [1.165, 1.54) is 5.69 Å². The fraction of sp³-hybridized carbons (Fsp3) is 0.333. The molecule has 0 atom stereocenters. The van der Waals surface area contributed by atoms with E-state index in [0.29, 0.717) is 65.2 Å². The Morgan fingerprint density at radius 2 is 1.52 bits per heavy atom. The number of urea groups is 1. The second kappa shape index (κ2) is 17.0. The number of aromatic nitrogens is 3. The average Bonchev–Trinajstić information content (AvgIpc) is 3.55. The van der Waals surface area contributed by atoms with Crippen molar-refractivity contribution < 1.29 is 23.9 Å². The van der Waals surface area contributed by atoms with Gasteiger partial charge in [-0.3, -0.25) is 29.5 Å². The number of primary amides is 1. The molecule has 4 aliphatic heterocycles. The lowest BCUT2D eigenvalue weighted by Crippen LogP contribution is -2.49. The van der Waals surface area contributed by atoms with Gasteiger partial charge in [0.05, 0.1) is 7.11 Å². The van der Waals surface area contributed by atoms with E-state index in [1.54, 1.807) is 54.6 Å². The van der Waals surface area contributed by atoms with Crippen LogP contribution in [0.15, 0.2) is 85.1 Å². The Morgan fingerprint density at radius 1 is 0.803 bits per heavy atom. The highest BCUT2D eigenvalue weighted by molar-refractivity contribution is 6.07. The number of anilines is 6. The molecule has 6 heterocycles. The smallest absolute Gasteiger partial charge is 0.328 e. The Bertz CT molecular complexity index is 2450. The molecule has 0 saturated carbocycles. The van der Waals surface area contributed by atoms with Crippen LogP contribution in [0.25, 0.3) is 11.3 Å². The third-order valence-electron chi connectivity index (χ3n) is 12.2. The number of hydrogen-bond acceptors (Lipinski definition) is 11. The van der Waals surface area contributed by atoms with Crippen LogP contribution in [0, 0.1) is 5.92 Å². The van der Waals surface area contributed by atoms with E-state index in [0.717, 1.165) is 87.7 Å². The van der Waals surface area contributed by atoms with Gasteiger partial charge in [0.25, 0.3) is 11.8 Å². The molecule has 0 radical (unpaired) electrons. The lowest BCUT2D eigenvalue weighted by Gasteiger charge is -2.40. The first kappa shape index (κ1) is 39.5. The van der Waals surface area contributed by atoms with Crippen molar-refractivity contribution in [2.45, 2.75) is 32.2 Å². The maximum atomic E-state index is 13.0. The van der Waals surface area contributed by atoms with Crippen molar-refractivity contribution in [1.82, 2.24) is 25.0 Å². The molecule has 2 aromatic heterocycles. The maximum absolute atomic E-state index is 13.0. The van der Waals surface area contributed by atoms with Gasteiger partial charge in [0.15, 0.2) is 0 Å². The Hall–Kier alpha value is -6.94. The minimum Gasteiger partial charge on any atom is -0.497 e. The number of hydrogen-bond donors (Lipinski definition) is 4. The SMILES string of the molecule is COc1ccnc(NC(=O)c2ccc(-c3nn4c(c3C(N)=O)Nc3ccc(N5CCN(CC6CCN(c7ccc(N8CCC(=O)NC8=O)cc7)CC6)CC5)cc3CC4)cc2)c1. The van der Waals surface area contributed by atoms with Gasteiger partial charge >= 0.3 is 6.03 Å². The number of pyridine rings is 1. The van der Waals surface area contributed by atoms with Crippen molar-refractivity contribution >= 4 is 58.1 Å². The fourth-order valence-electron chi connectivity index (χ4n) is 8.80. The number of piperidine rings is 1. The van der Waals surface area contributed by atoms with Crippen LogP contribution in [0.3, 0.4) is 0 Å². The van der Waals surface area contributed by atoms with Crippen LogP contribution in [0.1, 0.15) is 45.5 Å². The van der Waals surface area contributed by atoms with Gasteiger partial charge in [-0.2, -0.15) is 5.10 Å². The minimum absolute atomic E-state index is 0.226. The number of amides is 5. The zero-order valence-corrected chi connectivity index (χ0v) is 34.1. The minimum atomic E-state index is -0.588. The van der Waals surface area contributed by atoms with Crippen LogP contribution in [0.5, 0.6) is 5.75 Å². The first-order chi connectivity index (χ1) is 29.7. The van der Waals surface area contributed by atoms with E-state index in [1.807, 2.05) is 16.8 Å². The number of imide groups is 1. The molecule has 4 aliphatic rings. The summed E-state index contributed by atoms with van der Waals surface area (Å²) < 4.78 is 7.03. The average molecular weight is 824 g/mol. The van der Waals surface area contributed by atoms with Crippen molar-refractivity contribution in [1.29, 1.82) is 0 Å². The molecule has 0 unspecified atom stereocenters. The zero-order valence-electron chi connectivity index (χ0n) is 34.1. The van der Waals surface area contributed by atoms with Gasteiger partial charge < -0.3 is 30.9 Å². The Kier molecular flexibility index (Phi) is 11.0. The fourth-order valence-corrected chi connectivity index (χ4v) is 8.80. The molecule has 314 valence electrons. The summed E-state index contributed by atoms with van der Waals surface area (Å²) in [7, 11) is 1.55. The molecule has 0 bridgehead atoms. The summed E-state index contributed by atoms with van der Waals surface area (Å²) in [4.78, 5) is 63.0. The number of aryl methyl sites for hydroxylation is 2. The third kappa shape index (κ3) is 8.44. The monoisotopic (exact) mass is 823 g/mol. The summed E-state index contributed by atoms with van der Waals surface area (Å²) in [5.41, 5.74) is 13.1. The van der Waals surface area contributed by atoms with Gasteiger partial charge in [-0.25, -0.2) is 14.5 Å². The molecule has 0 aliphatic carbocycles. The molecular weight excluding hydrogens is 775 g/mol. The van der Waals surface area contributed by atoms with Crippen molar-refractivity contribution in [3.8, 4) is 17.0 Å². The maximum Gasteiger partial charge on any atom is 0.328 e. The molecule has 3 aromatic carbocycles. The van der Waals surface area contributed by atoms with Crippen LogP contribution in [-0.4, -0.2) is 103 Å². The highest BCUT2D eigenvalue weighted by Gasteiger charge is 2.29. The van der Waals surface area contributed by atoms with Gasteiger partial charge in [-0.15, -0.1) is 0 Å². The van der Waals surface area contributed by atoms with Gasteiger partial charge in [-0.05, 0) is 91.4 Å². The quantitative estimate of drug-likeness (QED) is 0.147. The van der Waals surface area contributed by atoms with Crippen molar-refractivity contribution in [2.75, 3.05) is 84.8 Å². The molecule has 16 nitrogen and oxygen atoms in total. The molecule has 16 heteroatoms. The Morgan fingerprint density at radius 3 is 2.25 bits per heavy atom. The lowest BCUT2D eigenvalue weighted by molar-refractivity contribution is -0.120. The van der Waals surface area contributed by atoms with Crippen molar-refractivity contribution in [2.24, 2.45) is 11.7 Å². The number of ether oxygens (including phenoxy) is 1. The van der Waals surface area contributed by atoms with Crippen LogP contribution in [0.4, 0.5) is 39.2 Å². The first-order valence-electron chi connectivity index (χ1n) is 20.8. The number of nitrogens with zero attached hydrogens (tertiary/aromatic N) is 7. The predicted molar refractivity (Wildman–Crippen MR) is 234 cm³/mol.